The Bertz CT molecular complexity index is 1570. The molecule has 3 atom stereocenters. The molecule has 3 unspecified atom stereocenters. The van der Waals surface area contributed by atoms with E-state index in [0.717, 1.165) is 11.8 Å². The first-order chi connectivity index (χ1) is 24.3. The number of benzene rings is 2. The molecule has 0 heterocycles. The van der Waals surface area contributed by atoms with Crippen LogP contribution in [0.25, 0.3) is 0 Å². The summed E-state index contributed by atoms with van der Waals surface area (Å²) in [5.41, 5.74) is 2.46. The highest BCUT2D eigenvalue weighted by Crippen LogP contribution is 2.18. The standard InChI is InChI=1S/C36H51N7O9/c1-22(2)17-28(33(46)42-27(34(47)48)15-16-37-20-29(35(49)50)41-32(45)19-36(4,5)6)40-31(44)18-24-9-13-26(14-10-24)39-30(21-43(51)52)38-25-11-7-23(3)8-12-25/h7-14,21-22,27-29,37-39H,15-20H2,1-6H3,(H,40,44)(H,41,45)(H,42,46)(H,47,48)(H,49,50). The van der Waals surface area contributed by atoms with Crippen molar-refractivity contribution < 1.29 is 39.1 Å². The summed E-state index contributed by atoms with van der Waals surface area (Å²) >= 11 is 0. The number of carboxylic acid groups (broad SMARTS) is 2. The van der Waals surface area contributed by atoms with Gasteiger partial charge in [0.1, 0.15) is 18.1 Å². The number of nitro groups is 1. The number of amides is 3. The van der Waals surface area contributed by atoms with Crippen molar-refractivity contribution in [1.29, 1.82) is 0 Å². The molecular formula is C36H51N7O9. The molecule has 2 rings (SSSR count). The molecule has 52 heavy (non-hydrogen) atoms. The Morgan fingerprint density at radius 3 is 1.85 bits per heavy atom. The van der Waals surface area contributed by atoms with Crippen LogP contribution in [0.3, 0.4) is 0 Å². The lowest BCUT2D eigenvalue weighted by atomic mass is 9.92. The van der Waals surface area contributed by atoms with Gasteiger partial charge in [0.15, 0.2) is 5.82 Å². The summed E-state index contributed by atoms with van der Waals surface area (Å²) in [6, 6.07) is 10.3. The lowest BCUT2D eigenvalue weighted by Crippen LogP contribution is -2.53. The average molecular weight is 726 g/mol. The molecule has 16 heteroatoms. The van der Waals surface area contributed by atoms with Crippen LogP contribution in [0.2, 0.25) is 0 Å². The summed E-state index contributed by atoms with van der Waals surface area (Å²) < 4.78 is 0. The second-order valence-electron chi connectivity index (χ2n) is 14.2. The Kier molecular flexibility index (Phi) is 16.7. The molecule has 284 valence electrons. The van der Waals surface area contributed by atoms with Crippen molar-refractivity contribution >= 4 is 41.0 Å². The quantitative estimate of drug-likeness (QED) is 0.0526. The summed E-state index contributed by atoms with van der Waals surface area (Å²) in [6.07, 6.45) is 0.981. The Morgan fingerprint density at radius 1 is 0.808 bits per heavy atom. The number of nitrogens with one attached hydrogen (secondary N) is 6. The van der Waals surface area contributed by atoms with Crippen LogP contribution in [-0.4, -0.2) is 76.0 Å². The van der Waals surface area contributed by atoms with E-state index in [1.807, 2.05) is 53.7 Å². The molecule has 0 aliphatic heterocycles. The molecule has 3 amide bonds. The van der Waals surface area contributed by atoms with E-state index in [-0.39, 0.29) is 55.9 Å². The second-order valence-corrected chi connectivity index (χ2v) is 14.2. The normalized spacial score (nSPS) is 13.3. The molecule has 0 saturated heterocycles. The van der Waals surface area contributed by atoms with Gasteiger partial charge in [-0.05, 0) is 67.5 Å². The van der Waals surface area contributed by atoms with E-state index in [0.29, 0.717) is 16.9 Å². The first-order valence-electron chi connectivity index (χ1n) is 16.9. The van der Waals surface area contributed by atoms with Gasteiger partial charge in [0.05, 0.1) is 11.3 Å². The number of rotatable bonds is 21. The van der Waals surface area contributed by atoms with Gasteiger partial charge in [0.25, 0.3) is 6.20 Å². The lowest BCUT2D eigenvalue weighted by molar-refractivity contribution is -0.403. The van der Waals surface area contributed by atoms with Crippen LogP contribution in [0.1, 0.15) is 65.0 Å². The third-order valence-corrected chi connectivity index (χ3v) is 7.42. The zero-order chi connectivity index (χ0) is 39.0. The molecule has 0 fully saturated rings. The number of aryl methyl sites for hydroxylation is 1. The highest BCUT2D eigenvalue weighted by molar-refractivity contribution is 5.91. The minimum Gasteiger partial charge on any atom is -0.480 e. The molecule has 8 N–H and O–H groups in total. The number of carboxylic acids is 2. The lowest BCUT2D eigenvalue weighted by Gasteiger charge is -2.23. The first-order valence-corrected chi connectivity index (χ1v) is 16.9. The van der Waals surface area contributed by atoms with Gasteiger partial charge in [-0.15, -0.1) is 0 Å². The van der Waals surface area contributed by atoms with Crippen molar-refractivity contribution in [2.24, 2.45) is 11.3 Å². The molecule has 0 saturated carbocycles. The Hall–Kier alpha value is -5.51. The summed E-state index contributed by atoms with van der Waals surface area (Å²) in [5.74, 6) is -4.03. The molecule has 16 nitrogen and oxygen atoms in total. The number of aliphatic carboxylic acids is 2. The monoisotopic (exact) mass is 725 g/mol. The van der Waals surface area contributed by atoms with Crippen LogP contribution in [0, 0.1) is 28.4 Å². The van der Waals surface area contributed by atoms with Crippen molar-refractivity contribution in [2.75, 3.05) is 23.7 Å². The van der Waals surface area contributed by atoms with Gasteiger partial charge in [0, 0.05) is 24.3 Å². The maximum atomic E-state index is 13.2. The molecule has 0 bridgehead atoms. The maximum absolute atomic E-state index is 13.2. The van der Waals surface area contributed by atoms with Crippen molar-refractivity contribution in [2.45, 2.75) is 85.4 Å². The van der Waals surface area contributed by atoms with Crippen molar-refractivity contribution in [3.8, 4) is 0 Å². The number of carbonyl (C=O) groups excluding carboxylic acids is 3. The van der Waals surface area contributed by atoms with E-state index < -0.39 is 52.7 Å². The highest BCUT2D eigenvalue weighted by atomic mass is 16.6. The maximum Gasteiger partial charge on any atom is 0.327 e. The van der Waals surface area contributed by atoms with E-state index >= 15 is 0 Å². The number of hydrogen-bond acceptors (Lipinski definition) is 10. The molecule has 2 aromatic carbocycles. The topological polar surface area (TPSA) is 241 Å². The van der Waals surface area contributed by atoms with Gasteiger partial charge < -0.3 is 42.1 Å². The average Bonchev–Trinajstić information content (AvgIpc) is 3.01. The Balaban J connectivity index is 1.97. The van der Waals surface area contributed by atoms with Crippen LogP contribution in [0.4, 0.5) is 11.4 Å². The van der Waals surface area contributed by atoms with Crippen molar-refractivity contribution in [3.63, 3.8) is 0 Å². The fourth-order valence-corrected chi connectivity index (χ4v) is 4.94. The third-order valence-electron chi connectivity index (χ3n) is 7.42. The van der Waals surface area contributed by atoms with Crippen molar-refractivity contribution in [3.05, 3.63) is 81.8 Å². The van der Waals surface area contributed by atoms with Gasteiger partial charge in [0.2, 0.25) is 17.7 Å². The Morgan fingerprint density at radius 2 is 1.35 bits per heavy atom. The van der Waals surface area contributed by atoms with Gasteiger partial charge >= 0.3 is 11.9 Å². The zero-order valence-electron chi connectivity index (χ0n) is 30.4. The first kappa shape index (κ1) is 42.7. The molecule has 0 radical (unpaired) electrons. The fourth-order valence-electron chi connectivity index (χ4n) is 4.94. The number of anilines is 2. The molecule has 0 aliphatic rings. The van der Waals surface area contributed by atoms with Crippen LogP contribution in [0.5, 0.6) is 0 Å². The molecule has 0 spiro atoms. The predicted octanol–water partition coefficient (Wildman–Crippen LogP) is 3.22. The van der Waals surface area contributed by atoms with Crippen LogP contribution < -0.4 is 31.9 Å². The summed E-state index contributed by atoms with van der Waals surface area (Å²) in [4.78, 5) is 72.6. The van der Waals surface area contributed by atoms with E-state index in [2.05, 4.69) is 31.9 Å². The molecule has 0 aliphatic carbocycles. The van der Waals surface area contributed by atoms with E-state index in [1.54, 1.807) is 36.4 Å². The van der Waals surface area contributed by atoms with Gasteiger partial charge in [-0.3, -0.25) is 24.5 Å². The van der Waals surface area contributed by atoms with Gasteiger partial charge in [-0.2, -0.15) is 0 Å². The number of hydrogen-bond donors (Lipinski definition) is 8. The van der Waals surface area contributed by atoms with Gasteiger partial charge in [-0.1, -0.05) is 64.4 Å². The van der Waals surface area contributed by atoms with E-state index in [1.165, 1.54) is 0 Å². The number of nitrogens with zero attached hydrogens (tertiary/aromatic N) is 1. The minimum absolute atomic E-state index is 0.0214. The van der Waals surface area contributed by atoms with Gasteiger partial charge in [-0.25, -0.2) is 9.59 Å². The SMILES string of the molecule is Cc1ccc(NC(=C[N+](=O)[O-])Nc2ccc(CC(=O)NC(CC(C)C)C(=O)NC(CCNCC(NC(=O)CC(C)(C)C)C(=O)O)C(=O)O)cc2)cc1. The minimum atomic E-state index is -1.33. The number of carbonyl (C=O) groups is 5. The molecule has 0 aromatic heterocycles. The Labute approximate surface area is 303 Å². The van der Waals surface area contributed by atoms with E-state index in [9.17, 15) is 44.3 Å². The summed E-state index contributed by atoms with van der Waals surface area (Å²) in [7, 11) is 0. The second kappa shape index (κ2) is 20.4. The molecule has 2 aromatic rings. The highest BCUT2D eigenvalue weighted by Gasteiger charge is 2.28. The summed E-state index contributed by atoms with van der Waals surface area (Å²) in [5, 5.41) is 46.8. The smallest absolute Gasteiger partial charge is 0.327 e. The van der Waals surface area contributed by atoms with Crippen LogP contribution >= 0.6 is 0 Å². The predicted molar refractivity (Wildman–Crippen MR) is 196 cm³/mol. The zero-order valence-corrected chi connectivity index (χ0v) is 30.4. The summed E-state index contributed by atoms with van der Waals surface area (Å²) in [6.45, 7) is 11.0. The third kappa shape index (κ3) is 16.9. The largest absolute Gasteiger partial charge is 0.480 e. The van der Waals surface area contributed by atoms with Crippen LogP contribution in [-0.2, 0) is 30.4 Å². The fraction of sp³-hybridized carbons (Fsp3) is 0.472. The van der Waals surface area contributed by atoms with Crippen molar-refractivity contribution in [1.82, 2.24) is 21.3 Å². The van der Waals surface area contributed by atoms with Crippen LogP contribution in [0.15, 0.2) is 60.6 Å². The van der Waals surface area contributed by atoms with E-state index in [4.69, 9.17) is 0 Å². The molecular weight excluding hydrogens is 674 g/mol.